The molecule has 4 heteroatoms. The van der Waals surface area contributed by atoms with Gasteiger partial charge in [-0.05, 0) is 43.6 Å². The fraction of sp³-hybridized carbons (Fsp3) is 0.538. The second kappa shape index (κ2) is 6.84. The van der Waals surface area contributed by atoms with E-state index in [-0.39, 0.29) is 12.4 Å². The summed E-state index contributed by atoms with van der Waals surface area (Å²) < 4.78 is 5.22. The van der Waals surface area contributed by atoms with Gasteiger partial charge < -0.3 is 10.5 Å². The Labute approximate surface area is 109 Å². The molecule has 1 aliphatic heterocycles. The first-order valence-corrected chi connectivity index (χ1v) is 5.89. The smallest absolute Gasteiger partial charge is 0.119 e. The van der Waals surface area contributed by atoms with E-state index in [4.69, 9.17) is 10.5 Å². The molecule has 1 saturated heterocycles. The molecule has 0 saturated carbocycles. The first-order chi connectivity index (χ1) is 7.78. The van der Waals surface area contributed by atoms with Crippen molar-refractivity contribution in [2.24, 2.45) is 5.73 Å². The van der Waals surface area contributed by atoms with Gasteiger partial charge in [-0.15, -0.1) is 12.4 Å². The van der Waals surface area contributed by atoms with Gasteiger partial charge in [0.1, 0.15) is 5.75 Å². The number of hydrogen-bond donors (Lipinski definition) is 1. The van der Waals surface area contributed by atoms with Crippen LogP contribution in [0.1, 0.15) is 18.4 Å². The highest BCUT2D eigenvalue weighted by Crippen LogP contribution is 2.16. The van der Waals surface area contributed by atoms with Crippen molar-refractivity contribution in [3.63, 3.8) is 0 Å². The molecule has 1 aromatic rings. The van der Waals surface area contributed by atoms with Crippen LogP contribution in [0.15, 0.2) is 24.3 Å². The Hall–Kier alpha value is -0.770. The lowest BCUT2D eigenvalue weighted by Crippen LogP contribution is -2.39. The normalized spacial score (nSPS) is 17.5. The molecule has 1 heterocycles. The number of likely N-dealkylation sites (tertiary alicyclic amines) is 1. The van der Waals surface area contributed by atoms with Crippen LogP contribution in [0.3, 0.4) is 0 Å². The lowest BCUT2D eigenvalue weighted by Gasteiger charge is -2.30. The van der Waals surface area contributed by atoms with Crippen molar-refractivity contribution in [3.8, 4) is 5.75 Å². The van der Waals surface area contributed by atoms with E-state index in [9.17, 15) is 0 Å². The predicted molar refractivity (Wildman–Crippen MR) is 72.7 cm³/mol. The van der Waals surface area contributed by atoms with E-state index in [1.807, 2.05) is 12.1 Å². The molecule has 96 valence electrons. The van der Waals surface area contributed by atoms with Gasteiger partial charge in [0, 0.05) is 12.6 Å². The van der Waals surface area contributed by atoms with Gasteiger partial charge in [0.15, 0.2) is 0 Å². The minimum Gasteiger partial charge on any atom is -0.497 e. The average Bonchev–Trinajstić information content (AvgIpc) is 2.32. The van der Waals surface area contributed by atoms with Crippen molar-refractivity contribution in [3.05, 3.63) is 29.8 Å². The SMILES string of the molecule is COc1cccc(CN2CCC(N)CC2)c1.Cl. The van der Waals surface area contributed by atoms with Gasteiger partial charge in [0.2, 0.25) is 0 Å². The molecular formula is C13H21ClN2O. The molecule has 0 unspecified atom stereocenters. The van der Waals surface area contributed by atoms with Gasteiger partial charge >= 0.3 is 0 Å². The maximum Gasteiger partial charge on any atom is 0.119 e. The van der Waals surface area contributed by atoms with E-state index in [1.165, 1.54) is 5.56 Å². The Morgan fingerprint density at radius 2 is 2.06 bits per heavy atom. The third kappa shape index (κ3) is 4.19. The first-order valence-electron chi connectivity index (χ1n) is 5.89. The highest BCUT2D eigenvalue weighted by Gasteiger charge is 2.15. The van der Waals surface area contributed by atoms with Crippen LogP contribution in [0.25, 0.3) is 0 Å². The topological polar surface area (TPSA) is 38.5 Å². The molecule has 3 nitrogen and oxygen atoms in total. The van der Waals surface area contributed by atoms with Crippen LogP contribution >= 0.6 is 12.4 Å². The van der Waals surface area contributed by atoms with Crippen LogP contribution in [-0.4, -0.2) is 31.1 Å². The van der Waals surface area contributed by atoms with Gasteiger partial charge in [0.05, 0.1) is 7.11 Å². The summed E-state index contributed by atoms with van der Waals surface area (Å²) in [6.45, 7) is 3.22. The van der Waals surface area contributed by atoms with Crippen molar-refractivity contribution in [1.29, 1.82) is 0 Å². The molecule has 0 spiro atoms. The van der Waals surface area contributed by atoms with E-state index in [0.29, 0.717) is 6.04 Å². The van der Waals surface area contributed by atoms with Gasteiger partial charge in [-0.2, -0.15) is 0 Å². The van der Waals surface area contributed by atoms with Gasteiger partial charge in [-0.1, -0.05) is 12.1 Å². The number of rotatable bonds is 3. The van der Waals surface area contributed by atoms with E-state index in [2.05, 4.69) is 17.0 Å². The van der Waals surface area contributed by atoms with Crippen LogP contribution in [0.5, 0.6) is 5.75 Å². The summed E-state index contributed by atoms with van der Waals surface area (Å²) in [6, 6.07) is 8.69. The standard InChI is InChI=1S/C13H20N2O.ClH/c1-16-13-4-2-3-11(9-13)10-15-7-5-12(14)6-8-15;/h2-4,9,12H,5-8,10,14H2,1H3;1H. The summed E-state index contributed by atoms with van der Waals surface area (Å²) in [5.41, 5.74) is 7.20. The Balaban J connectivity index is 0.00000144. The molecule has 2 N–H and O–H groups in total. The fourth-order valence-corrected chi connectivity index (χ4v) is 2.14. The summed E-state index contributed by atoms with van der Waals surface area (Å²) in [5, 5.41) is 0. The average molecular weight is 257 g/mol. The number of ether oxygens (including phenoxy) is 1. The number of hydrogen-bond acceptors (Lipinski definition) is 3. The number of nitrogens with zero attached hydrogens (tertiary/aromatic N) is 1. The number of benzene rings is 1. The van der Waals surface area contributed by atoms with Crippen molar-refractivity contribution < 1.29 is 4.74 Å². The van der Waals surface area contributed by atoms with E-state index in [1.54, 1.807) is 7.11 Å². The highest BCUT2D eigenvalue weighted by molar-refractivity contribution is 5.85. The minimum absolute atomic E-state index is 0. The maximum atomic E-state index is 5.89. The van der Waals surface area contributed by atoms with Gasteiger partial charge in [-0.3, -0.25) is 4.90 Å². The molecule has 1 aromatic carbocycles. The molecule has 0 aliphatic carbocycles. The van der Waals surface area contributed by atoms with Crippen molar-refractivity contribution in [2.75, 3.05) is 20.2 Å². The molecular weight excluding hydrogens is 236 g/mol. The molecule has 2 rings (SSSR count). The molecule has 1 fully saturated rings. The Morgan fingerprint density at radius 1 is 1.35 bits per heavy atom. The summed E-state index contributed by atoms with van der Waals surface area (Å²) in [4.78, 5) is 2.46. The second-order valence-electron chi connectivity index (χ2n) is 4.47. The first kappa shape index (κ1) is 14.3. The summed E-state index contributed by atoms with van der Waals surface area (Å²) in [7, 11) is 1.71. The lowest BCUT2D eigenvalue weighted by molar-refractivity contribution is 0.205. The van der Waals surface area contributed by atoms with Crippen LogP contribution in [0, 0.1) is 0 Å². The van der Waals surface area contributed by atoms with Crippen molar-refractivity contribution in [1.82, 2.24) is 4.90 Å². The Morgan fingerprint density at radius 3 is 2.71 bits per heavy atom. The Bertz CT molecular complexity index is 338. The molecule has 0 radical (unpaired) electrons. The second-order valence-corrected chi connectivity index (χ2v) is 4.47. The number of nitrogens with two attached hydrogens (primary N) is 1. The monoisotopic (exact) mass is 256 g/mol. The number of halogens is 1. The molecule has 0 atom stereocenters. The lowest BCUT2D eigenvalue weighted by atomic mass is 10.1. The van der Waals surface area contributed by atoms with Crippen LogP contribution in [-0.2, 0) is 6.54 Å². The predicted octanol–water partition coefficient (Wildman–Crippen LogP) is 2.04. The molecule has 0 bridgehead atoms. The zero-order valence-electron chi connectivity index (χ0n) is 10.3. The van der Waals surface area contributed by atoms with E-state index < -0.39 is 0 Å². The third-order valence-electron chi connectivity index (χ3n) is 3.17. The molecule has 0 aromatic heterocycles. The van der Waals surface area contributed by atoms with Crippen LogP contribution < -0.4 is 10.5 Å². The van der Waals surface area contributed by atoms with Crippen molar-refractivity contribution in [2.45, 2.75) is 25.4 Å². The van der Waals surface area contributed by atoms with E-state index in [0.717, 1.165) is 38.2 Å². The zero-order valence-corrected chi connectivity index (χ0v) is 11.1. The Kier molecular flexibility index (Phi) is 5.75. The van der Waals surface area contributed by atoms with E-state index >= 15 is 0 Å². The third-order valence-corrected chi connectivity index (χ3v) is 3.17. The minimum atomic E-state index is 0. The molecule has 1 aliphatic rings. The highest BCUT2D eigenvalue weighted by atomic mass is 35.5. The summed E-state index contributed by atoms with van der Waals surface area (Å²) in [6.07, 6.45) is 2.23. The summed E-state index contributed by atoms with van der Waals surface area (Å²) in [5.74, 6) is 0.936. The van der Waals surface area contributed by atoms with Gasteiger partial charge in [0.25, 0.3) is 0 Å². The fourth-order valence-electron chi connectivity index (χ4n) is 2.14. The van der Waals surface area contributed by atoms with Crippen LogP contribution in [0.2, 0.25) is 0 Å². The number of methoxy groups -OCH3 is 1. The molecule has 0 amide bonds. The number of piperidine rings is 1. The molecule has 17 heavy (non-hydrogen) atoms. The quantitative estimate of drug-likeness (QED) is 0.900. The maximum absolute atomic E-state index is 5.89. The largest absolute Gasteiger partial charge is 0.497 e. The van der Waals surface area contributed by atoms with Gasteiger partial charge in [-0.25, -0.2) is 0 Å². The zero-order chi connectivity index (χ0) is 11.4. The van der Waals surface area contributed by atoms with Crippen LogP contribution in [0.4, 0.5) is 0 Å². The van der Waals surface area contributed by atoms with Crippen molar-refractivity contribution >= 4 is 12.4 Å². The summed E-state index contributed by atoms with van der Waals surface area (Å²) >= 11 is 0.